The van der Waals surface area contributed by atoms with Crippen molar-refractivity contribution in [2.24, 2.45) is 10.8 Å². The lowest BCUT2D eigenvalue weighted by Crippen LogP contribution is -2.36. The first kappa shape index (κ1) is 31.9. The molecule has 246 valence electrons. The molecule has 2 aliphatic heterocycles. The van der Waals surface area contributed by atoms with E-state index < -0.39 is 6.10 Å². The Morgan fingerprint density at radius 3 is 1.60 bits per heavy atom. The predicted octanol–water partition coefficient (Wildman–Crippen LogP) is 4.89. The van der Waals surface area contributed by atoms with Gasteiger partial charge in [0, 0.05) is 69.5 Å². The molecule has 48 heavy (non-hydrogen) atoms. The van der Waals surface area contributed by atoms with Gasteiger partial charge < -0.3 is 14.9 Å². The van der Waals surface area contributed by atoms with Crippen molar-refractivity contribution in [2.45, 2.75) is 84.2 Å². The first-order chi connectivity index (χ1) is 23.1. The molecule has 2 saturated heterocycles. The highest BCUT2D eigenvalue weighted by Gasteiger charge is 2.46. The minimum absolute atomic E-state index is 0.108. The monoisotopic (exact) mass is 644 g/mol. The van der Waals surface area contributed by atoms with Gasteiger partial charge in [-0.05, 0) is 92.4 Å². The maximum Gasteiger partial charge on any atom is 0.179 e. The van der Waals surface area contributed by atoms with Gasteiger partial charge in [0.1, 0.15) is 29.0 Å². The van der Waals surface area contributed by atoms with Crippen molar-refractivity contribution in [3.05, 3.63) is 69.3 Å². The zero-order valence-electron chi connectivity index (χ0n) is 27.6. The third-order valence-corrected chi connectivity index (χ3v) is 11.4. The van der Waals surface area contributed by atoms with E-state index in [1.165, 1.54) is 32.6 Å². The summed E-state index contributed by atoms with van der Waals surface area (Å²) in [7, 11) is 0. The molecule has 8 rings (SSSR count). The number of hydrogen-bond donors (Lipinski definition) is 1. The third-order valence-electron chi connectivity index (χ3n) is 11.4. The van der Waals surface area contributed by atoms with E-state index in [0.717, 1.165) is 79.8 Å². The summed E-state index contributed by atoms with van der Waals surface area (Å²) in [6, 6.07) is 7.84. The van der Waals surface area contributed by atoms with Crippen LogP contribution in [0.4, 0.5) is 0 Å². The van der Waals surface area contributed by atoms with Crippen molar-refractivity contribution < 1.29 is 19.5 Å². The second kappa shape index (κ2) is 12.1. The van der Waals surface area contributed by atoms with E-state index in [0.29, 0.717) is 27.9 Å². The second-order valence-electron chi connectivity index (χ2n) is 14.6. The molecule has 1 atom stereocenters. The van der Waals surface area contributed by atoms with Crippen LogP contribution in [0.2, 0.25) is 0 Å². The van der Waals surface area contributed by atoms with E-state index in [1.807, 2.05) is 6.07 Å². The van der Waals surface area contributed by atoms with Gasteiger partial charge in [0.25, 0.3) is 0 Å². The molecule has 2 aromatic heterocycles. The Hall–Kier alpha value is -4.67. The fourth-order valence-electron chi connectivity index (χ4n) is 7.83. The molecule has 4 fully saturated rings. The third kappa shape index (κ3) is 5.84. The molecule has 1 unspecified atom stereocenters. The summed E-state index contributed by atoms with van der Waals surface area (Å²) >= 11 is 0. The molecule has 2 saturated carbocycles. The fourth-order valence-corrected chi connectivity index (χ4v) is 7.83. The first-order valence-corrected chi connectivity index (χ1v) is 17.1. The van der Waals surface area contributed by atoms with Crippen molar-refractivity contribution in [3.8, 4) is 12.1 Å². The fraction of sp³-hybridized carbons (Fsp3) is 0.500. The number of aromatic nitrogens is 2. The van der Waals surface area contributed by atoms with Gasteiger partial charge in [-0.3, -0.25) is 24.4 Å². The number of likely N-dealkylation sites (tertiary alicyclic amines) is 2. The minimum Gasteiger partial charge on any atom is -0.387 e. The van der Waals surface area contributed by atoms with Crippen LogP contribution in [0.1, 0.15) is 110 Å². The molecule has 4 aliphatic carbocycles. The van der Waals surface area contributed by atoms with Crippen LogP contribution in [-0.2, 0) is 22.4 Å². The van der Waals surface area contributed by atoms with Crippen molar-refractivity contribution >= 4 is 28.7 Å². The molecule has 4 heterocycles. The number of piperidine rings is 2. The molecule has 0 aromatic carbocycles. The van der Waals surface area contributed by atoms with E-state index in [-0.39, 0.29) is 41.3 Å². The van der Waals surface area contributed by atoms with E-state index in [2.05, 4.69) is 31.9 Å². The molecular weight excluding hydrogens is 604 g/mol. The topological polar surface area (TPSA) is 151 Å². The van der Waals surface area contributed by atoms with Gasteiger partial charge in [-0.2, -0.15) is 10.5 Å². The highest BCUT2D eigenvalue weighted by Crippen LogP contribution is 2.55. The van der Waals surface area contributed by atoms with E-state index >= 15 is 0 Å². The van der Waals surface area contributed by atoms with Crippen LogP contribution < -0.4 is 0 Å². The van der Waals surface area contributed by atoms with Crippen molar-refractivity contribution in [3.63, 3.8) is 0 Å². The van der Waals surface area contributed by atoms with Crippen molar-refractivity contribution in [2.75, 3.05) is 26.2 Å². The lowest BCUT2D eigenvalue weighted by atomic mass is 9.86. The highest BCUT2D eigenvalue weighted by atomic mass is 16.3. The van der Waals surface area contributed by atoms with Gasteiger partial charge >= 0.3 is 0 Å². The Morgan fingerprint density at radius 2 is 1.21 bits per heavy atom. The van der Waals surface area contributed by atoms with Crippen LogP contribution in [-0.4, -0.2) is 68.4 Å². The van der Waals surface area contributed by atoms with E-state index in [4.69, 9.17) is 0 Å². The summed E-state index contributed by atoms with van der Waals surface area (Å²) in [5.41, 5.74) is 7.36. The summed E-state index contributed by atoms with van der Waals surface area (Å²) in [6.45, 7) is 6.67. The number of carbonyl (C=O) groups excluding carboxylic acids is 3. The van der Waals surface area contributed by atoms with Crippen LogP contribution in [0, 0.1) is 33.5 Å². The lowest BCUT2D eigenvalue weighted by Gasteiger charge is -2.37. The second-order valence-corrected chi connectivity index (χ2v) is 14.6. The van der Waals surface area contributed by atoms with E-state index in [9.17, 15) is 30.0 Å². The quantitative estimate of drug-likeness (QED) is 0.456. The molecule has 2 aromatic rings. The molecule has 10 heteroatoms. The maximum atomic E-state index is 12.4. The van der Waals surface area contributed by atoms with Crippen LogP contribution in [0.25, 0.3) is 11.4 Å². The molecule has 1 N–H and O–H groups in total. The van der Waals surface area contributed by atoms with Gasteiger partial charge in [-0.15, -0.1) is 0 Å². The number of Topliss-reactive ketones (excluding diaryl/α,β-unsaturated/α-hetero) is 3. The van der Waals surface area contributed by atoms with Crippen LogP contribution in [0.5, 0.6) is 0 Å². The number of allylic oxidation sites excluding steroid dienone is 2. The average Bonchev–Trinajstić information content (AvgIpc) is 4.02. The lowest BCUT2D eigenvalue weighted by molar-refractivity contribution is -0.115. The SMILES string of the molecule is CC(=O)c1cc2c(cn1)CC(=O)C(C#N)=C2N1CCC2(CC1)CC2.CC(O)c1cc2c(cn1)CC(=O)C(C#N)=C2N1CCC2(CC1)CC2. The number of aliphatic hydroxyl groups is 1. The summed E-state index contributed by atoms with van der Waals surface area (Å²) in [5.74, 6) is -0.384. The molecule has 0 amide bonds. The number of fused-ring (bicyclic) bond motifs is 2. The number of nitriles is 2. The van der Waals surface area contributed by atoms with Crippen LogP contribution in [0.15, 0.2) is 35.7 Å². The number of rotatable bonds is 4. The molecule has 10 nitrogen and oxygen atoms in total. The predicted molar refractivity (Wildman–Crippen MR) is 177 cm³/mol. The van der Waals surface area contributed by atoms with Crippen molar-refractivity contribution in [1.82, 2.24) is 19.8 Å². The highest BCUT2D eigenvalue weighted by molar-refractivity contribution is 6.11. The van der Waals surface area contributed by atoms with E-state index in [1.54, 1.807) is 25.4 Å². The summed E-state index contributed by atoms with van der Waals surface area (Å²) in [6.07, 6.45) is 12.8. The number of nitrogens with zero attached hydrogens (tertiary/aromatic N) is 6. The first-order valence-electron chi connectivity index (χ1n) is 17.1. The Labute approximate surface area is 280 Å². The number of ketones is 3. The smallest absolute Gasteiger partial charge is 0.179 e. The zero-order valence-corrected chi connectivity index (χ0v) is 27.6. The molecule has 6 aliphatic rings. The summed E-state index contributed by atoms with van der Waals surface area (Å²) in [4.78, 5) is 49.3. The summed E-state index contributed by atoms with van der Waals surface area (Å²) < 4.78 is 0. The minimum atomic E-state index is -0.671. The van der Waals surface area contributed by atoms with Crippen molar-refractivity contribution in [1.29, 1.82) is 10.5 Å². The largest absolute Gasteiger partial charge is 0.387 e. The Bertz CT molecular complexity index is 1860. The summed E-state index contributed by atoms with van der Waals surface area (Å²) in [5, 5.41) is 29.0. The standard InChI is InChI=1S/C19H21N3O2.C19H19N3O2/c2*1-12(23)16-9-14-13(11-21-16)8-17(24)15(10-20)18(14)22-6-4-19(2-3-19)5-7-22/h9,11-12,23H,2-8H2,1H3;9,11H,2-8H2,1H3. The van der Waals surface area contributed by atoms with Gasteiger partial charge in [-0.25, -0.2) is 0 Å². The molecule has 0 radical (unpaired) electrons. The number of aliphatic hydroxyl groups excluding tert-OH is 1. The van der Waals surface area contributed by atoms with Gasteiger partial charge in [0.2, 0.25) is 0 Å². The Morgan fingerprint density at radius 1 is 0.771 bits per heavy atom. The molecule has 0 bridgehead atoms. The van der Waals surface area contributed by atoms with Crippen LogP contribution >= 0.6 is 0 Å². The maximum absolute atomic E-state index is 12.4. The number of pyridine rings is 2. The van der Waals surface area contributed by atoms with Gasteiger partial charge in [-0.1, -0.05) is 0 Å². The average molecular weight is 645 g/mol. The normalized spacial score (nSPS) is 22.3. The van der Waals surface area contributed by atoms with Gasteiger partial charge in [0.05, 0.1) is 23.2 Å². The van der Waals surface area contributed by atoms with Crippen LogP contribution in [0.3, 0.4) is 0 Å². The molecule has 2 spiro atoms. The zero-order chi connectivity index (χ0) is 33.8. The number of hydrogen-bond acceptors (Lipinski definition) is 10. The number of carbonyl (C=O) groups is 3. The molecular formula is C38H40N6O4. The Balaban J connectivity index is 0.000000152. The van der Waals surface area contributed by atoms with Gasteiger partial charge in [0.15, 0.2) is 17.3 Å². The Kier molecular flexibility index (Phi) is 8.04.